The second kappa shape index (κ2) is 44.2. The fourth-order valence-corrected chi connectivity index (χ4v) is 12.2. The van der Waals surface area contributed by atoms with Crippen molar-refractivity contribution in [1.29, 1.82) is 0 Å². The first-order chi connectivity index (χ1) is 66.0. The normalized spacial score (nSPS) is 10.7. The Bertz CT molecular complexity index is 7340. The molecule has 0 aliphatic carbocycles. The maximum Gasteiger partial charge on any atom is 0.417 e. The lowest BCUT2D eigenvalue weighted by molar-refractivity contribution is -0.137. The van der Waals surface area contributed by atoms with Crippen molar-refractivity contribution in [3.63, 3.8) is 0 Å². The average Bonchev–Trinajstić information content (AvgIpc) is 1.64. The van der Waals surface area contributed by atoms with Crippen molar-refractivity contribution in [3.05, 3.63) is 310 Å². The fourth-order valence-electron chi connectivity index (χ4n) is 11.9. The topological polar surface area (TPSA) is 553 Å². The highest BCUT2D eigenvalue weighted by Crippen LogP contribution is 2.39. The Kier molecular flexibility index (Phi) is 30.8. The summed E-state index contributed by atoms with van der Waals surface area (Å²) in [6.07, 6.45) is 11.0. The first-order valence-corrected chi connectivity index (χ1v) is 40.5. The van der Waals surface area contributed by atoms with E-state index in [1.165, 1.54) is 105 Å². The molecule has 0 unspecified atom stereocenters. The van der Waals surface area contributed by atoms with Gasteiger partial charge in [0.2, 0.25) is 53.0 Å². The number of carboxylic acids is 6. The van der Waals surface area contributed by atoms with Crippen molar-refractivity contribution in [1.82, 2.24) is 91.1 Å². The number of nitrogens with zero attached hydrogens (tertiary/aromatic N) is 18. The van der Waals surface area contributed by atoms with Gasteiger partial charge in [-0.2, -0.15) is 18.2 Å². The summed E-state index contributed by atoms with van der Waals surface area (Å²) in [5.74, 6) is -0.288. The average molecular weight is 1870 g/mol. The van der Waals surface area contributed by atoms with Crippen molar-refractivity contribution < 1.29 is 109 Å². The molecular formula is C95H68ClF3N18O20. The van der Waals surface area contributed by atoms with Crippen molar-refractivity contribution in [2.24, 2.45) is 0 Å². The van der Waals surface area contributed by atoms with Crippen LogP contribution in [0.4, 0.5) is 13.2 Å². The number of methoxy groups -OCH3 is 2. The summed E-state index contributed by atoms with van der Waals surface area (Å²) in [5.41, 5.74) is 9.85. The minimum atomic E-state index is -4.59. The molecule has 0 radical (unpaired) electrons. The predicted octanol–water partition coefficient (Wildman–Crippen LogP) is 18.6. The molecule has 6 aromatic carbocycles. The van der Waals surface area contributed by atoms with Gasteiger partial charge in [0.05, 0.1) is 64.3 Å². The number of pyridine rings is 6. The molecule has 686 valence electrons. The maximum atomic E-state index is 13.0. The minimum Gasteiger partial charge on any atom is -0.481 e. The van der Waals surface area contributed by atoms with Crippen LogP contribution in [0.15, 0.2) is 270 Å². The summed E-state index contributed by atoms with van der Waals surface area (Å²) in [5, 5.41) is 101. The van der Waals surface area contributed by atoms with Gasteiger partial charge in [0.15, 0.2) is 0 Å². The van der Waals surface area contributed by atoms with Crippen molar-refractivity contribution >= 4 is 47.4 Å². The largest absolute Gasteiger partial charge is 0.481 e. The fraction of sp³-hybridized carbons (Fsp3) is 0.0947. The lowest BCUT2D eigenvalue weighted by Gasteiger charge is -2.08. The molecule has 0 bridgehead atoms. The number of carbonyl (C=O) groups is 6. The summed E-state index contributed by atoms with van der Waals surface area (Å²) < 4.78 is 82.6. The summed E-state index contributed by atoms with van der Waals surface area (Å²) in [4.78, 5) is 89.7. The second-order valence-electron chi connectivity index (χ2n) is 28.3. The number of alkyl halides is 3. The third-order valence-corrected chi connectivity index (χ3v) is 19.3. The molecule has 0 amide bonds. The van der Waals surface area contributed by atoms with Crippen LogP contribution >= 0.6 is 11.6 Å². The van der Waals surface area contributed by atoms with E-state index in [9.17, 15) is 41.9 Å². The van der Waals surface area contributed by atoms with Crippen LogP contribution in [0, 0.1) is 26.2 Å². The van der Waals surface area contributed by atoms with Crippen LogP contribution in [0.1, 0.15) is 110 Å². The lowest BCUT2D eigenvalue weighted by Crippen LogP contribution is -2.07. The van der Waals surface area contributed by atoms with Crippen molar-refractivity contribution in [2.45, 2.75) is 46.2 Å². The van der Waals surface area contributed by atoms with Gasteiger partial charge in [-0.15, -0.1) is 67.6 Å². The zero-order valence-corrected chi connectivity index (χ0v) is 72.5. The zero-order valence-electron chi connectivity index (χ0n) is 71.8. The summed E-state index contributed by atoms with van der Waals surface area (Å²) in [6.45, 7) is 5.94. The Labute approximate surface area is 775 Å². The van der Waals surface area contributed by atoms with Crippen LogP contribution in [0.3, 0.4) is 0 Å². The summed E-state index contributed by atoms with van der Waals surface area (Å²) in [6, 6.07) is 55.3. The third kappa shape index (κ3) is 24.8. The number of hydrogen-bond acceptors (Lipinski definition) is 32. The van der Waals surface area contributed by atoms with Gasteiger partial charge in [0, 0.05) is 81.7 Å². The maximum absolute atomic E-state index is 13.0. The predicted molar refractivity (Wildman–Crippen MR) is 479 cm³/mol. The second-order valence-corrected chi connectivity index (χ2v) is 28.7. The molecule has 0 fully saturated rings. The Morgan fingerprint density at radius 2 is 0.737 bits per heavy atom. The number of aromatic nitrogens is 18. The molecule has 137 heavy (non-hydrogen) atoms. The number of aryl methyl sites for hydroxylation is 3. The number of hydrogen-bond donors (Lipinski definition) is 6. The number of unbranched alkanes of at least 4 members (excludes halogenated alkanes) is 1. The molecule has 0 aliphatic rings. The van der Waals surface area contributed by atoms with E-state index in [4.69, 9.17) is 84.6 Å². The van der Waals surface area contributed by atoms with Crippen molar-refractivity contribution in [3.8, 4) is 162 Å². The van der Waals surface area contributed by atoms with E-state index in [0.717, 1.165) is 49.0 Å². The van der Waals surface area contributed by atoms with Crippen molar-refractivity contribution in [2.75, 3.05) is 14.2 Å². The van der Waals surface area contributed by atoms with E-state index in [0.29, 0.717) is 102 Å². The number of benzene rings is 6. The molecule has 6 N–H and O–H groups in total. The van der Waals surface area contributed by atoms with Gasteiger partial charge >= 0.3 is 42.0 Å². The molecule has 18 rings (SSSR count). The zero-order chi connectivity index (χ0) is 97.4. The minimum absolute atomic E-state index is 0.0288. The SMILES string of the molecule is C#Cc1ccc(-c2nnc(-c3ccc(C(=O)O)cc3)o2)nc1.CCCCc1ccc(-c2nnc(-c3ccc(C(=O)O)cc3)o2)nc1.COc1ccc(-c2nnc(-c3ccc(C(=O)O)cc3)o2)c(OC)n1.Cc1ccc(-c2nnc(-c3ccc(C(=O)O)cc3)o2)c(Cl)n1.Cc1ccnc(-c2nnc(-c3ccc(C(=O)O)cc3)o2)c1.O=C(O)c1ccc(-c2nnc(-c3cnccc3C(F)(F)F)o2)cc1. The first-order valence-electron chi connectivity index (χ1n) is 40.1. The Morgan fingerprint density at radius 1 is 0.380 bits per heavy atom. The van der Waals surface area contributed by atoms with E-state index >= 15 is 0 Å². The van der Waals surface area contributed by atoms with Gasteiger partial charge in [-0.25, -0.2) is 38.7 Å². The molecule has 0 spiro atoms. The third-order valence-electron chi connectivity index (χ3n) is 19.0. The first kappa shape index (κ1) is 95.7. The van der Waals surface area contributed by atoms with E-state index in [1.54, 1.807) is 109 Å². The molecule has 12 heterocycles. The number of ether oxygens (including phenoxy) is 2. The number of rotatable bonds is 23. The molecular weight excluding hydrogens is 1810 g/mol. The molecule has 0 saturated heterocycles. The Morgan fingerprint density at radius 3 is 1.07 bits per heavy atom. The molecule has 0 aliphatic heterocycles. The van der Waals surface area contributed by atoms with E-state index in [2.05, 4.69) is 104 Å². The molecule has 0 saturated carbocycles. The van der Waals surface area contributed by atoms with Crippen LogP contribution in [0.5, 0.6) is 11.8 Å². The summed E-state index contributed by atoms with van der Waals surface area (Å²) >= 11 is 6.07. The summed E-state index contributed by atoms with van der Waals surface area (Å²) in [7, 11) is 2.99. The van der Waals surface area contributed by atoms with E-state index in [-0.39, 0.29) is 91.2 Å². The quantitative estimate of drug-likeness (QED) is 0.0256. The molecule has 18 aromatic rings. The number of aromatic carboxylic acids is 6. The Balaban J connectivity index is 0.000000139. The van der Waals surface area contributed by atoms with Crippen LogP contribution in [0.25, 0.3) is 138 Å². The van der Waals surface area contributed by atoms with Crippen LogP contribution in [-0.4, -0.2) is 172 Å². The smallest absolute Gasteiger partial charge is 0.417 e. The molecule has 38 nitrogen and oxygen atoms in total. The molecule has 42 heteroatoms. The van der Waals surface area contributed by atoms with Gasteiger partial charge in [-0.1, -0.05) is 36.9 Å². The van der Waals surface area contributed by atoms with Gasteiger partial charge < -0.3 is 66.6 Å². The standard InChI is InChI=1S/C18H17N3O3.C16H13N3O5.C16H9N3O3.C15H10ClN3O3.C15H8F3N3O3.C15H11N3O3/c1-2-3-4-12-5-10-15(19-11-12)17-21-20-16(24-17)13-6-8-14(9-7-13)18(22)23;1-22-12-8-7-11(14(17-12)23-2)15-19-18-13(24-15)9-3-5-10(6-4-9)16(20)21;1-2-10-3-8-13(17-9-10)15-19-18-14(22-15)11-4-6-12(7-5-11)16(20)21;1-8-2-7-11(12(16)17-8)14-19-18-13(22-14)9-3-5-10(6-4-9)15(20)21;16-15(17,18)11-5-6-19-7-10(11)13-21-20-12(24-13)8-1-3-9(4-2-8)14(22)23;1-9-6-7-16-12(8-9)14-18-17-13(21-14)10-2-4-11(5-3-10)15(19)20/h5-11H,2-4H2,1H3,(H,22,23);3-8H,1-2H3,(H,20,21);1,3-9H,(H,20,21);2-7H,1H3,(H,20,21);1-7H,(H,22,23);2-8H,1H3,(H,19,20). The van der Waals surface area contributed by atoms with E-state index < -0.39 is 47.6 Å². The van der Waals surface area contributed by atoms with E-state index in [1.807, 2.05) is 44.3 Å². The van der Waals surface area contributed by atoms with Gasteiger partial charge in [0.25, 0.3) is 29.5 Å². The van der Waals surface area contributed by atoms with Crippen LogP contribution < -0.4 is 9.47 Å². The lowest BCUT2D eigenvalue weighted by atomic mass is 10.1. The van der Waals surface area contributed by atoms with Crippen LogP contribution in [-0.2, 0) is 12.6 Å². The number of halogens is 4. The van der Waals surface area contributed by atoms with Crippen LogP contribution in [0.2, 0.25) is 5.15 Å². The Hall–Kier alpha value is -18.9. The van der Waals surface area contributed by atoms with Gasteiger partial charge in [-0.05, 0) is 238 Å². The van der Waals surface area contributed by atoms with Gasteiger partial charge in [-0.3, -0.25) is 15.0 Å². The number of terminal acetylenes is 1. The highest BCUT2D eigenvalue weighted by atomic mass is 35.5. The molecule has 12 aromatic heterocycles. The van der Waals surface area contributed by atoms with Gasteiger partial charge in [0.1, 0.15) is 27.8 Å². The highest BCUT2D eigenvalue weighted by molar-refractivity contribution is 6.32. The molecule has 0 atom stereocenters. The highest BCUT2D eigenvalue weighted by Gasteiger charge is 2.35. The monoisotopic (exact) mass is 1870 g/mol. The number of carboxylic acid groups (broad SMARTS) is 6.